The molecule has 1 N–H and O–H groups in total. The van der Waals surface area contributed by atoms with Gasteiger partial charge in [-0.1, -0.05) is 11.3 Å². The van der Waals surface area contributed by atoms with E-state index in [2.05, 4.69) is 15.2 Å². The molecule has 0 aromatic carbocycles. The molecule has 0 saturated carbocycles. The average molecular weight is 425 g/mol. The molecule has 0 aliphatic carbocycles. The molecule has 1 amide bonds. The molecule has 10 heteroatoms. The maximum Gasteiger partial charge on any atom is 0.349 e. The number of anilines is 1. The Morgan fingerprint density at radius 3 is 2.67 bits per heavy atom. The average Bonchev–Trinajstić information content (AvgIpc) is 3.55. The molecular weight excluding hydrogens is 406 g/mol. The van der Waals surface area contributed by atoms with Gasteiger partial charge in [0.2, 0.25) is 5.91 Å². The Hall–Kier alpha value is -3.40. The molecule has 0 spiro atoms. The molecule has 1 aliphatic rings. The van der Waals surface area contributed by atoms with Crippen LogP contribution in [0.3, 0.4) is 0 Å². The van der Waals surface area contributed by atoms with Crippen molar-refractivity contribution in [1.29, 1.82) is 0 Å². The first-order valence-electron chi connectivity index (χ1n) is 9.68. The van der Waals surface area contributed by atoms with Crippen LogP contribution in [0.2, 0.25) is 0 Å². The van der Waals surface area contributed by atoms with Gasteiger partial charge in [-0.05, 0) is 37.1 Å². The summed E-state index contributed by atoms with van der Waals surface area (Å²) in [5.41, 5.74) is 0.447. The Labute approximate surface area is 175 Å². The van der Waals surface area contributed by atoms with Crippen LogP contribution in [-0.2, 0) is 17.9 Å². The van der Waals surface area contributed by atoms with Crippen molar-refractivity contribution in [2.24, 2.45) is 0 Å². The molecule has 0 atom stereocenters. The van der Waals surface area contributed by atoms with Crippen molar-refractivity contribution in [3.8, 4) is 11.5 Å². The highest BCUT2D eigenvalue weighted by molar-refractivity contribution is 7.22. The van der Waals surface area contributed by atoms with Gasteiger partial charge in [-0.3, -0.25) is 9.36 Å². The number of fused-ring (bicyclic) bond motifs is 1. The number of nitrogens with zero attached hydrogens (tertiary/aromatic N) is 4. The zero-order valence-corrected chi connectivity index (χ0v) is 16.9. The van der Waals surface area contributed by atoms with Gasteiger partial charge in [0.1, 0.15) is 28.3 Å². The number of carbonyl (C=O) groups excluding carboxylic acids is 1. The summed E-state index contributed by atoms with van der Waals surface area (Å²) in [5.74, 6) is 0.810. The Balaban J connectivity index is 1.52. The maximum absolute atomic E-state index is 12.8. The summed E-state index contributed by atoms with van der Waals surface area (Å²) >= 11 is 1.40. The maximum atomic E-state index is 12.8. The third kappa shape index (κ3) is 3.50. The van der Waals surface area contributed by atoms with Crippen LogP contribution < -0.4 is 15.9 Å². The van der Waals surface area contributed by atoms with E-state index in [9.17, 15) is 9.59 Å². The van der Waals surface area contributed by atoms with E-state index in [1.54, 1.807) is 30.5 Å². The van der Waals surface area contributed by atoms with E-state index >= 15 is 0 Å². The van der Waals surface area contributed by atoms with Gasteiger partial charge in [0, 0.05) is 13.1 Å². The number of carbonyl (C=O) groups is 1. The van der Waals surface area contributed by atoms with Crippen molar-refractivity contribution in [3.63, 3.8) is 0 Å². The van der Waals surface area contributed by atoms with E-state index in [1.165, 1.54) is 22.2 Å². The minimum atomic E-state index is -0.515. The van der Waals surface area contributed by atoms with Crippen LogP contribution in [0.15, 0.2) is 50.4 Å². The Kier molecular flexibility index (Phi) is 4.83. The predicted octanol–water partition coefficient (Wildman–Crippen LogP) is 2.62. The van der Waals surface area contributed by atoms with Gasteiger partial charge in [0.05, 0.1) is 19.1 Å². The van der Waals surface area contributed by atoms with Crippen LogP contribution in [0.1, 0.15) is 18.6 Å². The van der Waals surface area contributed by atoms with Crippen molar-refractivity contribution in [2.45, 2.75) is 25.9 Å². The van der Waals surface area contributed by atoms with Crippen LogP contribution in [0.25, 0.3) is 21.8 Å². The van der Waals surface area contributed by atoms with Crippen molar-refractivity contribution in [2.75, 3.05) is 18.0 Å². The lowest BCUT2D eigenvalue weighted by Gasteiger charge is -2.11. The molecule has 4 aromatic rings. The molecule has 4 aromatic heterocycles. The van der Waals surface area contributed by atoms with Gasteiger partial charge in [-0.25, -0.2) is 9.78 Å². The summed E-state index contributed by atoms with van der Waals surface area (Å²) < 4.78 is 12.1. The Bertz CT molecular complexity index is 1220. The molecule has 9 nitrogen and oxygen atoms in total. The van der Waals surface area contributed by atoms with Crippen LogP contribution in [0.4, 0.5) is 5.13 Å². The summed E-state index contributed by atoms with van der Waals surface area (Å²) in [6.07, 6.45) is 5.30. The van der Waals surface area contributed by atoms with Crippen LogP contribution in [0, 0.1) is 0 Å². The molecule has 1 aliphatic heterocycles. The van der Waals surface area contributed by atoms with Crippen molar-refractivity contribution < 1.29 is 13.6 Å². The highest BCUT2D eigenvalue weighted by atomic mass is 32.1. The summed E-state index contributed by atoms with van der Waals surface area (Å²) in [7, 11) is 0. The molecule has 0 unspecified atom stereocenters. The molecule has 1 saturated heterocycles. The minimum absolute atomic E-state index is 0.150. The van der Waals surface area contributed by atoms with E-state index in [0.29, 0.717) is 27.6 Å². The van der Waals surface area contributed by atoms with E-state index in [1.807, 2.05) is 0 Å². The van der Waals surface area contributed by atoms with Crippen LogP contribution in [-0.4, -0.2) is 33.5 Å². The lowest BCUT2D eigenvalue weighted by molar-refractivity contribution is -0.121. The highest BCUT2D eigenvalue weighted by Gasteiger charge is 2.23. The molecule has 0 bridgehead atoms. The van der Waals surface area contributed by atoms with Gasteiger partial charge in [0.15, 0.2) is 10.9 Å². The second kappa shape index (κ2) is 7.79. The topological polar surface area (TPSA) is 106 Å². The molecule has 154 valence electrons. The van der Waals surface area contributed by atoms with E-state index < -0.39 is 5.69 Å². The van der Waals surface area contributed by atoms with Crippen molar-refractivity contribution >= 4 is 32.7 Å². The second-order valence-corrected chi connectivity index (χ2v) is 7.96. The van der Waals surface area contributed by atoms with Crippen LogP contribution in [0.5, 0.6) is 0 Å². The SMILES string of the molecule is O=C(Cn1c(=O)nc(-c2ccco2)c2nc(N3CCCC3)sc21)NCc1ccco1. The number of hydrogen-bond acceptors (Lipinski definition) is 8. The van der Waals surface area contributed by atoms with Gasteiger partial charge < -0.3 is 19.1 Å². The van der Waals surface area contributed by atoms with Gasteiger partial charge in [0.25, 0.3) is 0 Å². The van der Waals surface area contributed by atoms with Gasteiger partial charge >= 0.3 is 5.69 Å². The number of rotatable bonds is 6. The first-order chi connectivity index (χ1) is 14.7. The summed E-state index contributed by atoms with van der Waals surface area (Å²) in [6.45, 7) is 1.96. The number of thiazole rings is 1. The molecule has 0 radical (unpaired) electrons. The monoisotopic (exact) mass is 425 g/mol. The quantitative estimate of drug-likeness (QED) is 0.506. The first-order valence-corrected chi connectivity index (χ1v) is 10.5. The molecule has 5 heterocycles. The molecular formula is C20H19N5O4S. The number of nitrogens with one attached hydrogen (secondary N) is 1. The number of hydrogen-bond donors (Lipinski definition) is 1. The minimum Gasteiger partial charge on any atom is -0.467 e. The standard InChI is InChI=1S/C20H19N5O4S/c26-15(21-11-13-5-3-9-28-13)12-25-18-17(23-20(30-18)24-7-1-2-8-24)16(22-19(25)27)14-6-4-10-29-14/h3-6,9-10H,1-2,7-8,11-12H2,(H,21,26). The van der Waals surface area contributed by atoms with Crippen molar-refractivity contribution in [1.82, 2.24) is 19.9 Å². The van der Waals surface area contributed by atoms with Crippen LogP contribution >= 0.6 is 11.3 Å². The molecule has 30 heavy (non-hydrogen) atoms. The lowest BCUT2D eigenvalue weighted by atomic mass is 10.3. The smallest absolute Gasteiger partial charge is 0.349 e. The normalized spacial score (nSPS) is 13.9. The molecule has 1 fully saturated rings. The van der Waals surface area contributed by atoms with Gasteiger partial charge in [-0.15, -0.1) is 0 Å². The summed E-state index contributed by atoms with van der Waals surface area (Å²) in [4.78, 5) is 37.1. The fourth-order valence-corrected chi connectivity index (χ4v) is 4.61. The number of aromatic nitrogens is 3. The lowest BCUT2D eigenvalue weighted by Crippen LogP contribution is -2.33. The molecule has 5 rings (SSSR count). The van der Waals surface area contributed by atoms with E-state index in [4.69, 9.17) is 13.8 Å². The van der Waals surface area contributed by atoms with Gasteiger partial charge in [-0.2, -0.15) is 4.98 Å². The predicted molar refractivity (Wildman–Crippen MR) is 111 cm³/mol. The fourth-order valence-electron chi connectivity index (χ4n) is 3.50. The van der Waals surface area contributed by atoms with Crippen molar-refractivity contribution in [3.05, 3.63) is 53.0 Å². The third-order valence-corrected chi connectivity index (χ3v) is 6.12. The first kappa shape index (κ1) is 18.6. The number of amides is 1. The number of furan rings is 2. The zero-order valence-electron chi connectivity index (χ0n) is 16.0. The summed E-state index contributed by atoms with van der Waals surface area (Å²) in [6, 6.07) is 7.01. The highest BCUT2D eigenvalue weighted by Crippen LogP contribution is 2.34. The Morgan fingerprint density at radius 2 is 1.93 bits per heavy atom. The fraction of sp³-hybridized carbons (Fsp3) is 0.300. The second-order valence-electron chi connectivity index (χ2n) is 7.01. The Morgan fingerprint density at radius 1 is 1.13 bits per heavy atom. The summed E-state index contributed by atoms with van der Waals surface area (Å²) in [5, 5.41) is 3.59. The largest absolute Gasteiger partial charge is 0.467 e. The van der Waals surface area contributed by atoms with E-state index in [0.717, 1.165) is 31.1 Å². The third-order valence-electron chi connectivity index (χ3n) is 4.98. The zero-order chi connectivity index (χ0) is 20.5. The van der Waals surface area contributed by atoms with E-state index in [-0.39, 0.29) is 19.0 Å².